The van der Waals surface area contributed by atoms with E-state index in [1.54, 1.807) is 0 Å². The number of hydrogen-bond acceptors (Lipinski definition) is 6. The normalized spacial score (nSPS) is 10.1. The van der Waals surface area contributed by atoms with E-state index < -0.39 is 27.8 Å². The van der Waals surface area contributed by atoms with Crippen molar-refractivity contribution in [3.05, 3.63) is 37.1 Å². The van der Waals surface area contributed by atoms with Crippen LogP contribution in [0.1, 0.15) is 12.8 Å². The zero-order valence-electron chi connectivity index (χ0n) is 9.21. The summed E-state index contributed by atoms with van der Waals surface area (Å²) in [5.41, 5.74) is -0.632. The molecule has 0 atom stereocenters. The van der Waals surface area contributed by atoms with E-state index >= 15 is 0 Å². The number of nitrogens with one attached hydrogen (secondary N) is 2. The molecule has 0 saturated carbocycles. The fourth-order valence-corrected chi connectivity index (χ4v) is 1.28. The average molecular weight is 257 g/mol. The summed E-state index contributed by atoms with van der Waals surface area (Å²) in [5, 5.41) is 10.5. The molecule has 0 spiro atoms. The number of aromatic nitrogens is 2. The molecule has 1 aromatic rings. The van der Waals surface area contributed by atoms with Crippen molar-refractivity contribution < 1.29 is 9.72 Å². The van der Waals surface area contributed by atoms with Crippen molar-refractivity contribution in [3.8, 4) is 0 Å². The predicted octanol–water partition coefficient (Wildman–Crippen LogP) is -1.79. The number of nitrogens with zero attached hydrogens (tertiary/aromatic N) is 2. The van der Waals surface area contributed by atoms with E-state index in [1.165, 1.54) is 0 Å². The third kappa shape index (κ3) is 3.25. The molecule has 1 aromatic heterocycles. The second-order valence-electron chi connectivity index (χ2n) is 3.40. The van der Waals surface area contributed by atoms with E-state index in [4.69, 9.17) is 5.84 Å². The van der Waals surface area contributed by atoms with Crippen molar-refractivity contribution in [2.45, 2.75) is 19.4 Å². The molecule has 0 radical (unpaired) electrons. The van der Waals surface area contributed by atoms with Crippen LogP contribution in [0.4, 0.5) is 5.69 Å². The lowest BCUT2D eigenvalue weighted by Gasteiger charge is -2.03. The molecule has 0 aliphatic heterocycles. The van der Waals surface area contributed by atoms with Crippen LogP contribution in [-0.2, 0) is 11.3 Å². The number of carbonyl (C=O) groups excluding carboxylic acids is 1. The van der Waals surface area contributed by atoms with E-state index in [1.807, 2.05) is 10.4 Å². The Hall–Kier alpha value is -2.49. The van der Waals surface area contributed by atoms with Crippen molar-refractivity contribution in [2.75, 3.05) is 0 Å². The van der Waals surface area contributed by atoms with Gasteiger partial charge in [-0.3, -0.25) is 34.7 Å². The van der Waals surface area contributed by atoms with Gasteiger partial charge in [-0.05, 0) is 6.42 Å². The molecule has 4 N–H and O–H groups in total. The first kappa shape index (κ1) is 13.6. The lowest BCUT2D eigenvalue weighted by molar-refractivity contribution is -0.386. The molecule has 1 amide bonds. The Morgan fingerprint density at radius 3 is 2.78 bits per heavy atom. The molecule has 0 aliphatic rings. The Morgan fingerprint density at radius 2 is 2.22 bits per heavy atom. The van der Waals surface area contributed by atoms with Crippen LogP contribution in [0.15, 0.2) is 15.8 Å². The van der Waals surface area contributed by atoms with Gasteiger partial charge in [0.05, 0.1) is 11.1 Å². The predicted molar refractivity (Wildman–Crippen MR) is 59.5 cm³/mol. The minimum Gasteiger partial charge on any atom is -0.294 e. The topological polar surface area (TPSA) is 153 Å². The van der Waals surface area contributed by atoms with Gasteiger partial charge in [-0.15, -0.1) is 0 Å². The van der Waals surface area contributed by atoms with Crippen LogP contribution in [0.25, 0.3) is 0 Å². The monoisotopic (exact) mass is 257 g/mol. The van der Waals surface area contributed by atoms with E-state index in [9.17, 15) is 24.5 Å². The fraction of sp³-hybridized carbons (Fsp3) is 0.375. The number of hydrazine groups is 1. The van der Waals surface area contributed by atoms with Gasteiger partial charge in [0.15, 0.2) is 0 Å². The van der Waals surface area contributed by atoms with Gasteiger partial charge < -0.3 is 0 Å². The Balaban J connectivity index is 2.86. The SMILES string of the molecule is NNC(=O)CCCn1cc([N+](=O)[O-])c(=O)[nH]c1=O. The molecule has 1 heterocycles. The first-order valence-corrected chi connectivity index (χ1v) is 4.93. The van der Waals surface area contributed by atoms with Crippen LogP contribution in [0.5, 0.6) is 0 Å². The van der Waals surface area contributed by atoms with Crippen LogP contribution in [-0.4, -0.2) is 20.4 Å². The quantitative estimate of drug-likeness (QED) is 0.245. The van der Waals surface area contributed by atoms with Gasteiger partial charge in [-0.1, -0.05) is 0 Å². The standard InChI is InChI=1S/C8H11N5O5/c9-11-6(14)2-1-3-12-4-5(13(17)18)7(15)10-8(12)16/h4H,1-3,9H2,(H,11,14)(H,10,15,16). The smallest absolute Gasteiger partial charge is 0.294 e. The van der Waals surface area contributed by atoms with Crippen LogP contribution >= 0.6 is 0 Å². The highest BCUT2D eigenvalue weighted by atomic mass is 16.6. The first-order valence-electron chi connectivity index (χ1n) is 4.93. The van der Waals surface area contributed by atoms with Crippen molar-refractivity contribution >= 4 is 11.6 Å². The molecular formula is C8H11N5O5. The number of aryl methyl sites for hydroxylation is 1. The van der Waals surface area contributed by atoms with Crippen LogP contribution in [0.3, 0.4) is 0 Å². The Kier molecular flexibility index (Phi) is 4.32. The molecular weight excluding hydrogens is 246 g/mol. The Labute approximate surface area is 99.5 Å². The van der Waals surface area contributed by atoms with Gasteiger partial charge in [0.2, 0.25) is 5.91 Å². The van der Waals surface area contributed by atoms with Crippen molar-refractivity contribution in [2.24, 2.45) is 5.84 Å². The van der Waals surface area contributed by atoms with Crippen molar-refractivity contribution in [1.82, 2.24) is 15.0 Å². The highest BCUT2D eigenvalue weighted by Gasteiger charge is 2.14. The largest absolute Gasteiger partial charge is 0.350 e. The highest BCUT2D eigenvalue weighted by Crippen LogP contribution is 2.00. The van der Waals surface area contributed by atoms with Crippen LogP contribution < -0.4 is 22.5 Å². The number of nitro groups is 1. The summed E-state index contributed by atoms with van der Waals surface area (Å²) < 4.78 is 0.962. The Bertz CT molecular complexity index is 574. The number of rotatable bonds is 5. The number of H-pyrrole nitrogens is 1. The van der Waals surface area contributed by atoms with Crippen molar-refractivity contribution in [1.29, 1.82) is 0 Å². The van der Waals surface area contributed by atoms with Gasteiger partial charge in [0, 0.05) is 13.0 Å². The van der Waals surface area contributed by atoms with Gasteiger partial charge in [0.25, 0.3) is 0 Å². The maximum atomic E-state index is 11.3. The zero-order chi connectivity index (χ0) is 13.7. The molecule has 10 nitrogen and oxygen atoms in total. The summed E-state index contributed by atoms with van der Waals surface area (Å²) in [7, 11) is 0. The molecule has 0 saturated heterocycles. The van der Waals surface area contributed by atoms with Crippen molar-refractivity contribution in [3.63, 3.8) is 0 Å². The van der Waals surface area contributed by atoms with Gasteiger partial charge >= 0.3 is 16.9 Å². The molecule has 98 valence electrons. The summed E-state index contributed by atoms with van der Waals surface area (Å²) in [5.74, 6) is 4.45. The third-order valence-corrected chi connectivity index (χ3v) is 2.15. The molecule has 0 unspecified atom stereocenters. The second kappa shape index (κ2) is 5.72. The molecule has 0 aliphatic carbocycles. The minimum atomic E-state index is -1.05. The van der Waals surface area contributed by atoms with E-state index in [0.29, 0.717) is 0 Å². The molecule has 1 rings (SSSR count). The first-order chi connectivity index (χ1) is 8.45. The molecule has 0 fully saturated rings. The summed E-state index contributed by atoms with van der Waals surface area (Å²) in [6.45, 7) is 0.0594. The highest BCUT2D eigenvalue weighted by molar-refractivity contribution is 5.75. The molecule has 18 heavy (non-hydrogen) atoms. The van der Waals surface area contributed by atoms with E-state index in [2.05, 4.69) is 0 Å². The maximum absolute atomic E-state index is 11.3. The second-order valence-corrected chi connectivity index (χ2v) is 3.40. The summed E-state index contributed by atoms with van der Waals surface area (Å²) >= 11 is 0. The lowest BCUT2D eigenvalue weighted by atomic mass is 10.3. The number of aromatic amines is 1. The number of amides is 1. The summed E-state index contributed by atoms with van der Waals surface area (Å²) in [6, 6.07) is 0. The minimum absolute atomic E-state index is 0.0594. The zero-order valence-corrected chi connectivity index (χ0v) is 9.21. The molecule has 0 aromatic carbocycles. The number of nitrogens with two attached hydrogens (primary N) is 1. The van der Waals surface area contributed by atoms with Gasteiger partial charge in [-0.2, -0.15) is 0 Å². The van der Waals surface area contributed by atoms with Crippen LogP contribution in [0, 0.1) is 10.1 Å². The molecule has 10 heteroatoms. The number of hydrogen-bond donors (Lipinski definition) is 3. The van der Waals surface area contributed by atoms with E-state index in [-0.39, 0.29) is 19.4 Å². The third-order valence-electron chi connectivity index (χ3n) is 2.15. The van der Waals surface area contributed by atoms with Crippen LogP contribution in [0.2, 0.25) is 0 Å². The number of carbonyl (C=O) groups is 1. The maximum Gasteiger partial charge on any atom is 0.350 e. The van der Waals surface area contributed by atoms with Gasteiger partial charge in [0.1, 0.15) is 0 Å². The average Bonchev–Trinajstić information content (AvgIpc) is 2.31. The Morgan fingerprint density at radius 1 is 1.56 bits per heavy atom. The fourth-order valence-electron chi connectivity index (χ4n) is 1.28. The summed E-state index contributed by atoms with van der Waals surface area (Å²) in [4.78, 5) is 44.7. The lowest BCUT2D eigenvalue weighted by Crippen LogP contribution is -2.32. The van der Waals surface area contributed by atoms with E-state index in [0.717, 1.165) is 10.8 Å². The van der Waals surface area contributed by atoms with Gasteiger partial charge in [-0.25, -0.2) is 10.6 Å². The molecule has 0 bridgehead atoms. The summed E-state index contributed by atoms with van der Waals surface area (Å²) in [6.07, 6.45) is 1.17.